The maximum absolute atomic E-state index is 5.51. The molecule has 0 fully saturated rings. The minimum Gasteiger partial charge on any atom is -1.00 e. The van der Waals surface area contributed by atoms with Crippen LogP contribution in [0.1, 0.15) is 11.1 Å². The molecule has 0 heterocycles. The van der Waals surface area contributed by atoms with Crippen LogP contribution in [0, 0.1) is 13.8 Å². The van der Waals surface area contributed by atoms with E-state index in [1.165, 1.54) is 11.1 Å². The topological polar surface area (TPSA) is 48.9 Å². The van der Waals surface area contributed by atoms with E-state index >= 15 is 0 Å². The van der Waals surface area contributed by atoms with Crippen LogP contribution in [0.15, 0.2) is 18.2 Å². The Bertz CT molecular complexity index is 259. The number of hydrogen-bond donors (Lipinski definition) is 2. The van der Waals surface area contributed by atoms with Gasteiger partial charge in [-0.3, -0.25) is 5.84 Å². The molecule has 3 nitrogen and oxygen atoms in total. The van der Waals surface area contributed by atoms with Gasteiger partial charge in [-0.2, -0.15) is 5.43 Å². The summed E-state index contributed by atoms with van der Waals surface area (Å²) in [5, 5.41) is 0. The summed E-state index contributed by atoms with van der Waals surface area (Å²) >= 11 is 0. The summed E-state index contributed by atoms with van der Waals surface area (Å²) in [4.78, 5) is 0. The maximum atomic E-state index is 5.51. The normalized spacial score (nSPS) is 9.36. The Balaban J connectivity index is 0.00000169. The number of halogens is 1. The highest BCUT2D eigenvalue weighted by atomic mass is 35.5. The fourth-order valence-electron chi connectivity index (χ4n) is 1.26. The van der Waals surface area contributed by atoms with Gasteiger partial charge in [-0.05, 0) is 37.1 Å². The van der Waals surface area contributed by atoms with Crippen LogP contribution in [0.25, 0.3) is 0 Å². The zero-order valence-electron chi connectivity index (χ0n) is 8.64. The Labute approximate surface area is 91.0 Å². The van der Waals surface area contributed by atoms with Crippen LogP contribution in [0.2, 0.25) is 0 Å². The van der Waals surface area contributed by atoms with Gasteiger partial charge < -0.3 is 17.1 Å². The van der Waals surface area contributed by atoms with E-state index in [0.717, 1.165) is 12.3 Å². The smallest absolute Gasteiger partial charge is 0.119 e. The summed E-state index contributed by atoms with van der Waals surface area (Å²) in [6.07, 6.45) is 0. The molecule has 1 aromatic carbocycles. The Morgan fingerprint density at radius 2 is 1.79 bits per heavy atom. The molecule has 0 saturated heterocycles. The molecule has 0 radical (unpaired) electrons. The van der Waals surface area contributed by atoms with Crippen molar-refractivity contribution in [3.63, 3.8) is 0 Å². The Hall–Kier alpha value is -0.770. The van der Waals surface area contributed by atoms with Gasteiger partial charge in [-0.15, -0.1) is 0 Å². The quantitative estimate of drug-likeness (QED) is 0.430. The molecule has 0 aliphatic heterocycles. The van der Waals surface area contributed by atoms with Gasteiger partial charge in [0.15, 0.2) is 0 Å². The molecule has 0 unspecified atom stereocenters. The molecule has 0 aliphatic carbocycles. The minimum atomic E-state index is 0. The molecule has 0 aliphatic rings. The third-order valence-corrected chi connectivity index (χ3v) is 1.74. The van der Waals surface area contributed by atoms with E-state index in [-0.39, 0.29) is 12.4 Å². The second kappa shape index (κ2) is 6.65. The van der Waals surface area contributed by atoms with Crippen molar-refractivity contribution in [1.29, 1.82) is 0 Å². The van der Waals surface area contributed by atoms with Gasteiger partial charge in [-0.25, -0.2) is 0 Å². The van der Waals surface area contributed by atoms with Crippen LogP contribution in [0.5, 0.6) is 5.75 Å². The third kappa shape index (κ3) is 4.46. The molecule has 4 N–H and O–H groups in total. The number of rotatable bonds is 4. The minimum absolute atomic E-state index is 0. The lowest BCUT2D eigenvalue weighted by atomic mass is 10.1. The monoisotopic (exact) mass is 216 g/mol. The van der Waals surface area contributed by atoms with Gasteiger partial charge >= 0.3 is 0 Å². The second-order valence-corrected chi connectivity index (χ2v) is 3.17. The standard InChI is InChI=1S/C10H16N2O.ClH/c1-8-5-9(2)7-10(6-8)13-4-3-12-11;/h5-7,12H,3-4,11H2,1-2H3;1H. The van der Waals surface area contributed by atoms with E-state index in [4.69, 9.17) is 4.74 Å². The van der Waals surface area contributed by atoms with Gasteiger partial charge in [0.1, 0.15) is 12.4 Å². The molecule has 1 rings (SSSR count). The first-order valence-electron chi connectivity index (χ1n) is 4.43. The fraction of sp³-hybridized carbons (Fsp3) is 0.400. The summed E-state index contributed by atoms with van der Waals surface area (Å²) < 4.78 is 5.51. The Morgan fingerprint density at radius 1 is 1.21 bits per heavy atom. The molecule has 1 aromatic rings. The predicted molar refractivity (Wildman–Crippen MR) is 52.3 cm³/mol. The van der Waals surface area contributed by atoms with Crippen molar-refractivity contribution in [3.8, 4) is 5.75 Å². The van der Waals surface area contributed by atoms with Gasteiger partial charge in [-0.1, -0.05) is 6.07 Å². The zero-order valence-corrected chi connectivity index (χ0v) is 9.40. The molecule has 0 saturated carbocycles. The van der Waals surface area contributed by atoms with Gasteiger partial charge in [0.25, 0.3) is 0 Å². The summed E-state index contributed by atoms with van der Waals surface area (Å²) in [5.41, 5.74) is 5.26. The molecule has 80 valence electrons. The SMILES string of the molecule is Cc1cc(C)cc(OCCN[NH3+])c1.[Cl-]. The van der Waals surface area contributed by atoms with Crippen LogP contribution < -0.4 is 28.4 Å². The summed E-state index contributed by atoms with van der Waals surface area (Å²) in [6, 6.07) is 6.21. The first-order chi connectivity index (χ1) is 6.22. The molecule has 4 heteroatoms. The van der Waals surface area contributed by atoms with Crippen LogP contribution in [-0.4, -0.2) is 13.2 Å². The van der Waals surface area contributed by atoms with Crippen molar-refractivity contribution >= 4 is 0 Å². The summed E-state index contributed by atoms with van der Waals surface area (Å²) in [5.74, 6) is 4.46. The van der Waals surface area contributed by atoms with Crippen molar-refractivity contribution in [2.24, 2.45) is 0 Å². The third-order valence-electron chi connectivity index (χ3n) is 1.74. The number of aryl methyl sites for hydroxylation is 2. The second-order valence-electron chi connectivity index (χ2n) is 3.17. The summed E-state index contributed by atoms with van der Waals surface area (Å²) in [6.45, 7) is 5.57. The van der Waals surface area contributed by atoms with E-state index in [0.29, 0.717) is 6.61 Å². The number of ether oxygens (including phenoxy) is 1. The number of quaternary nitrogens is 1. The van der Waals surface area contributed by atoms with Crippen molar-refractivity contribution in [2.75, 3.05) is 13.2 Å². The van der Waals surface area contributed by atoms with Crippen molar-refractivity contribution < 1.29 is 23.0 Å². The molecule has 0 aromatic heterocycles. The predicted octanol–water partition coefficient (Wildman–Crippen LogP) is -2.57. The van der Waals surface area contributed by atoms with E-state index < -0.39 is 0 Å². The van der Waals surface area contributed by atoms with Gasteiger partial charge in [0, 0.05) is 0 Å². The molecule has 0 atom stereocenters. The van der Waals surface area contributed by atoms with Crippen LogP contribution in [0.4, 0.5) is 0 Å². The first-order valence-corrected chi connectivity index (χ1v) is 4.43. The molecular formula is C10H17ClN2O. The van der Waals surface area contributed by atoms with Crippen LogP contribution in [-0.2, 0) is 0 Å². The van der Waals surface area contributed by atoms with E-state index in [2.05, 4.69) is 31.2 Å². The van der Waals surface area contributed by atoms with Crippen molar-refractivity contribution in [1.82, 2.24) is 5.43 Å². The van der Waals surface area contributed by atoms with Crippen LogP contribution >= 0.6 is 0 Å². The lowest BCUT2D eigenvalue weighted by molar-refractivity contribution is -0.443. The zero-order chi connectivity index (χ0) is 9.68. The lowest BCUT2D eigenvalue weighted by Crippen LogP contribution is -3.00. The molecular weight excluding hydrogens is 200 g/mol. The maximum Gasteiger partial charge on any atom is 0.119 e. The first kappa shape index (κ1) is 13.2. The van der Waals surface area contributed by atoms with Crippen molar-refractivity contribution in [3.05, 3.63) is 29.3 Å². The highest BCUT2D eigenvalue weighted by Crippen LogP contribution is 2.15. The summed E-state index contributed by atoms with van der Waals surface area (Å²) in [7, 11) is 0. The van der Waals surface area contributed by atoms with E-state index in [1.54, 1.807) is 0 Å². The molecule has 14 heavy (non-hydrogen) atoms. The molecule has 0 spiro atoms. The number of nitrogens with one attached hydrogen (secondary N) is 1. The van der Waals surface area contributed by atoms with E-state index in [1.807, 2.05) is 12.1 Å². The number of hydrogen-bond acceptors (Lipinski definition) is 2. The largest absolute Gasteiger partial charge is 1.00 e. The Morgan fingerprint density at radius 3 is 2.29 bits per heavy atom. The fourth-order valence-corrected chi connectivity index (χ4v) is 1.26. The van der Waals surface area contributed by atoms with Crippen molar-refractivity contribution in [2.45, 2.75) is 13.8 Å². The van der Waals surface area contributed by atoms with E-state index in [9.17, 15) is 0 Å². The average Bonchev–Trinajstić information content (AvgIpc) is 2.03. The van der Waals surface area contributed by atoms with Crippen LogP contribution in [0.3, 0.4) is 0 Å². The average molecular weight is 217 g/mol. The molecule has 0 bridgehead atoms. The molecule has 0 amide bonds. The van der Waals surface area contributed by atoms with Gasteiger partial charge in [0.2, 0.25) is 0 Å². The Kier molecular flexibility index (Phi) is 6.28. The number of benzene rings is 1. The highest BCUT2D eigenvalue weighted by molar-refractivity contribution is 5.32. The lowest BCUT2D eigenvalue weighted by Gasteiger charge is -2.06. The van der Waals surface area contributed by atoms with Gasteiger partial charge in [0.05, 0.1) is 6.54 Å². The highest BCUT2D eigenvalue weighted by Gasteiger charge is 1.95.